The molecule has 0 saturated carbocycles. The van der Waals surface area contributed by atoms with E-state index >= 15 is 0 Å². The van der Waals surface area contributed by atoms with Crippen LogP contribution in [0.15, 0.2) is 63.8 Å². The van der Waals surface area contributed by atoms with Crippen molar-refractivity contribution in [3.05, 3.63) is 60.2 Å². The molecule has 3 rings (SSSR count). The van der Waals surface area contributed by atoms with E-state index < -0.39 is 10.0 Å². The molecule has 0 aliphatic carbocycles. The fourth-order valence-corrected chi connectivity index (χ4v) is 5.28. The van der Waals surface area contributed by atoms with Gasteiger partial charge in [0.2, 0.25) is 5.13 Å². The molecule has 10 heteroatoms. The number of rotatable bonds is 8. The van der Waals surface area contributed by atoms with Gasteiger partial charge < -0.3 is 0 Å². The molecule has 1 N–H and O–H groups in total. The van der Waals surface area contributed by atoms with Crippen LogP contribution in [0, 0.1) is 0 Å². The number of aromatic nitrogens is 2. The summed E-state index contributed by atoms with van der Waals surface area (Å²) in [6, 6.07) is 14.5. The maximum atomic E-state index is 12.7. The van der Waals surface area contributed by atoms with Gasteiger partial charge in [0.25, 0.3) is 15.9 Å². The maximum Gasteiger partial charge on any atom is 0.264 e. The number of amides is 1. The van der Waals surface area contributed by atoms with Crippen molar-refractivity contribution in [2.75, 3.05) is 22.4 Å². The van der Waals surface area contributed by atoms with Gasteiger partial charge in [-0.05, 0) is 42.8 Å². The number of hydrogen-bond donors (Lipinski definition) is 1. The molecule has 0 saturated heterocycles. The highest BCUT2D eigenvalue weighted by atomic mass is 32.2. The van der Waals surface area contributed by atoms with Crippen LogP contribution in [0.25, 0.3) is 0 Å². The molecule has 7 nitrogen and oxygen atoms in total. The lowest BCUT2D eigenvalue weighted by atomic mass is 10.2. The Balaban J connectivity index is 1.69. The van der Waals surface area contributed by atoms with E-state index in [-0.39, 0.29) is 10.8 Å². The third-order valence-electron chi connectivity index (χ3n) is 3.95. The molecule has 2 aromatic carbocycles. The minimum absolute atomic E-state index is 0.206. The normalized spacial score (nSPS) is 11.2. The first-order chi connectivity index (χ1) is 13.9. The van der Waals surface area contributed by atoms with Crippen molar-refractivity contribution >= 4 is 49.8 Å². The van der Waals surface area contributed by atoms with Crippen molar-refractivity contribution in [1.82, 2.24) is 10.2 Å². The smallest absolute Gasteiger partial charge is 0.264 e. The summed E-state index contributed by atoms with van der Waals surface area (Å²) in [6.07, 6.45) is 1.03. The second-order valence-corrected chi connectivity index (χ2v) is 10.3. The van der Waals surface area contributed by atoms with E-state index in [2.05, 4.69) is 22.4 Å². The molecule has 1 amide bonds. The van der Waals surface area contributed by atoms with Gasteiger partial charge in [-0.15, -0.1) is 10.2 Å². The molecule has 152 valence electrons. The fourth-order valence-electron chi connectivity index (χ4n) is 2.39. The summed E-state index contributed by atoms with van der Waals surface area (Å²) < 4.78 is 27.4. The summed E-state index contributed by atoms with van der Waals surface area (Å²) in [6.45, 7) is 2.09. The fraction of sp³-hybridized carbons (Fsp3) is 0.211. The summed E-state index contributed by atoms with van der Waals surface area (Å²) in [5, 5.41) is 11.2. The van der Waals surface area contributed by atoms with Gasteiger partial charge in [-0.2, -0.15) is 0 Å². The molecular formula is C19H20N4O3S3. The first-order valence-electron chi connectivity index (χ1n) is 8.83. The van der Waals surface area contributed by atoms with E-state index in [1.165, 1.54) is 22.7 Å². The SMILES string of the molecule is CCCSc1nnc(NC(=O)c2ccc(N(C)S(=O)(=O)c3ccccc3)cc2)s1. The number of sulfonamides is 1. The third kappa shape index (κ3) is 5.14. The number of nitrogens with zero attached hydrogens (tertiary/aromatic N) is 3. The number of anilines is 2. The minimum Gasteiger partial charge on any atom is -0.296 e. The van der Waals surface area contributed by atoms with Gasteiger partial charge in [0, 0.05) is 18.4 Å². The highest BCUT2D eigenvalue weighted by molar-refractivity contribution is 8.01. The highest BCUT2D eigenvalue weighted by Gasteiger charge is 2.21. The van der Waals surface area contributed by atoms with Gasteiger partial charge in [0.05, 0.1) is 10.6 Å². The zero-order chi connectivity index (χ0) is 20.9. The number of nitrogens with one attached hydrogen (secondary N) is 1. The van der Waals surface area contributed by atoms with Crippen LogP contribution in [-0.4, -0.2) is 37.3 Å². The summed E-state index contributed by atoms with van der Waals surface area (Å²) in [4.78, 5) is 12.6. The average Bonchev–Trinajstić information content (AvgIpc) is 3.19. The summed E-state index contributed by atoms with van der Waals surface area (Å²) >= 11 is 2.93. The Bertz CT molecular complexity index is 1070. The first-order valence-corrected chi connectivity index (χ1v) is 12.1. The lowest BCUT2D eigenvalue weighted by molar-refractivity contribution is 0.102. The van der Waals surface area contributed by atoms with Crippen molar-refractivity contribution in [2.45, 2.75) is 22.6 Å². The molecule has 0 atom stereocenters. The Kier molecular flexibility index (Phi) is 6.88. The van der Waals surface area contributed by atoms with E-state index in [0.29, 0.717) is 16.4 Å². The predicted molar refractivity (Wildman–Crippen MR) is 117 cm³/mol. The maximum absolute atomic E-state index is 12.7. The second-order valence-electron chi connectivity index (χ2n) is 6.01. The lowest BCUT2D eigenvalue weighted by Gasteiger charge is -2.19. The molecule has 0 unspecified atom stereocenters. The van der Waals surface area contributed by atoms with Crippen molar-refractivity contribution in [2.24, 2.45) is 0 Å². The van der Waals surface area contributed by atoms with Gasteiger partial charge in [-0.1, -0.05) is 48.2 Å². The van der Waals surface area contributed by atoms with E-state index in [1.807, 2.05) is 0 Å². The van der Waals surface area contributed by atoms with Crippen LogP contribution >= 0.6 is 23.1 Å². The van der Waals surface area contributed by atoms with Crippen LogP contribution in [0.1, 0.15) is 23.7 Å². The van der Waals surface area contributed by atoms with Crippen LogP contribution < -0.4 is 9.62 Å². The van der Waals surface area contributed by atoms with Crippen LogP contribution in [0.5, 0.6) is 0 Å². The molecule has 0 bridgehead atoms. The number of thioether (sulfide) groups is 1. The van der Waals surface area contributed by atoms with Crippen molar-refractivity contribution in [3.8, 4) is 0 Å². The molecule has 0 aliphatic rings. The van der Waals surface area contributed by atoms with E-state index in [9.17, 15) is 13.2 Å². The standard InChI is InChI=1S/C19H20N4O3S3/c1-3-13-27-19-22-21-18(28-19)20-17(24)14-9-11-15(12-10-14)23(2)29(25,26)16-7-5-4-6-8-16/h4-12H,3,13H2,1-2H3,(H,20,21,24). The Morgan fingerprint density at radius 2 is 1.79 bits per heavy atom. The minimum atomic E-state index is -3.66. The van der Waals surface area contributed by atoms with Gasteiger partial charge in [0.1, 0.15) is 0 Å². The molecule has 0 fully saturated rings. The predicted octanol–water partition coefficient (Wildman–Crippen LogP) is 4.12. The average molecular weight is 449 g/mol. The topological polar surface area (TPSA) is 92.3 Å². The summed E-state index contributed by atoms with van der Waals surface area (Å²) in [7, 11) is -2.18. The Morgan fingerprint density at radius 3 is 2.45 bits per heavy atom. The van der Waals surface area contributed by atoms with Crippen LogP contribution in [0.4, 0.5) is 10.8 Å². The van der Waals surface area contributed by atoms with Gasteiger partial charge in [-0.3, -0.25) is 14.4 Å². The Morgan fingerprint density at radius 1 is 1.10 bits per heavy atom. The van der Waals surface area contributed by atoms with E-state index in [1.54, 1.807) is 66.4 Å². The van der Waals surface area contributed by atoms with Gasteiger partial charge in [0.15, 0.2) is 4.34 Å². The monoisotopic (exact) mass is 448 g/mol. The molecule has 0 aliphatic heterocycles. The number of benzene rings is 2. The zero-order valence-corrected chi connectivity index (χ0v) is 18.4. The Hall–Kier alpha value is -2.43. The van der Waals surface area contributed by atoms with Gasteiger partial charge in [-0.25, -0.2) is 8.42 Å². The van der Waals surface area contributed by atoms with Crippen LogP contribution in [0.2, 0.25) is 0 Å². The largest absolute Gasteiger partial charge is 0.296 e. The first kappa shape index (κ1) is 21.3. The lowest BCUT2D eigenvalue weighted by Crippen LogP contribution is -2.26. The highest BCUT2D eigenvalue weighted by Crippen LogP contribution is 2.26. The van der Waals surface area contributed by atoms with E-state index in [4.69, 9.17) is 0 Å². The van der Waals surface area contributed by atoms with Gasteiger partial charge >= 0.3 is 0 Å². The summed E-state index contributed by atoms with van der Waals surface area (Å²) in [5.41, 5.74) is 0.858. The van der Waals surface area contributed by atoms with Crippen LogP contribution in [-0.2, 0) is 10.0 Å². The molecule has 0 spiro atoms. The molecule has 1 heterocycles. The second kappa shape index (κ2) is 9.38. The van der Waals surface area contributed by atoms with E-state index in [0.717, 1.165) is 16.5 Å². The molecular weight excluding hydrogens is 428 g/mol. The van der Waals surface area contributed by atoms with Crippen LogP contribution in [0.3, 0.4) is 0 Å². The van der Waals surface area contributed by atoms with Crippen molar-refractivity contribution in [1.29, 1.82) is 0 Å². The number of carbonyl (C=O) groups is 1. The van der Waals surface area contributed by atoms with Crippen molar-refractivity contribution in [3.63, 3.8) is 0 Å². The number of hydrogen-bond acceptors (Lipinski definition) is 7. The Labute approximate surface area is 178 Å². The molecule has 29 heavy (non-hydrogen) atoms. The third-order valence-corrected chi connectivity index (χ3v) is 7.93. The molecule has 0 radical (unpaired) electrons. The molecule has 3 aromatic rings. The quantitative estimate of drug-likeness (QED) is 0.412. The van der Waals surface area contributed by atoms with Crippen molar-refractivity contribution < 1.29 is 13.2 Å². The summed E-state index contributed by atoms with van der Waals surface area (Å²) in [5.74, 6) is 0.622. The number of carbonyl (C=O) groups excluding carboxylic acids is 1. The molecule has 1 aromatic heterocycles. The zero-order valence-electron chi connectivity index (χ0n) is 15.9.